The maximum absolute atomic E-state index is 14.0. The van der Waals surface area contributed by atoms with Gasteiger partial charge in [-0.25, -0.2) is 0 Å². The van der Waals surface area contributed by atoms with Crippen molar-refractivity contribution in [2.45, 2.75) is 12.5 Å². The van der Waals surface area contributed by atoms with E-state index in [1.54, 1.807) is 0 Å². The number of fused-ring (bicyclic) bond motifs is 1. The minimum Gasteiger partial charge on any atom is -0.134 e. The number of rotatable bonds is 1. The van der Waals surface area contributed by atoms with Crippen molar-refractivity contribution >= 4 is 0 Å². The minimum absolute atomic E-state index is 0.249. The number of hydrogen-bond acceptors (Lipinski definition) is 1. The molecule has 0 radical (unpaired) electrons. The molecule has 0 aromatic heterocycles. The molecule has 1 atom stereocenters. The lowest BCUT2D eigenvalue weighted by Gasteiger charge is -2.31. The molecule has 2 aromatic rings. The normalized spacial score (nSPS) is 19.9. The second kappa shape index (κ2) is 4.30. The molecule has 0 spiro atoms. The molecule has 2 heteroatoms. The second-order valence-corrected chi connectivity index (χ2v) is 4.39. The van der Waals surface area contributed by atoms with Crippen molar-refractivity contribution in [3.05, 3.63) is 71.3 Å². The Balaban J connectivity index is 2.10. The van der Waals surface area contributed by atoms with Crippen molar-refractivity contribution in [3.8, 4) is 0 Å². The van der Waals surface area contributed by atoms with Gasteiger partial charge in [0.15, 0.2) is 0 Å². The molecule has 0 amide bonds. The molecule has 1 aliphatic rings. The average molecular weight is 227 g/mol. The van der Waals surface area contributed by atoms with Crippen molar-refractivity contribution in [1.29, 1.82) is 0 Å². The summed E-state index contributed by atoms with van der Waals surface area (Å²) in [6.07, 6.45) is 0.788. The van der Waals surface area contributed by atoms with Gasteiger partial charge in [-0.3, -0.25) is 0 Å². The quantitative estimate of drug-likeness (QED) is 0.674. The molecule has 86 valence electrons. The molecular weight excluding hydrogens is 213 g/mol. The fourth-order valence-electron chi connectivity index (χ4n) is 2.51. The third kappa shape index (κ3) is 1.85. The molecule has 0 N–H and O–H groups in total. The zero-order valence-corrected chi connectivity index (χ0v) is 9.51. The summed E-state index contributed by atoms with van der Waals surface area (Å²) in [5.41, 5.74) is 3.37. The van der Waals surface area contributed by atoms with E-state index in [9.17, 15) is 4.48 Å². The third-order valence-electron chi connectivity index (χ3n) is 3.34. The summed E-state index contributed by atoms with van der Waals surface area (Å²) < 4.78 is 14.0. The first kappa shape index (κ1) is 10.5. The molecular formula is C15H14FN. The number of hydrogen-bond donors (Lipinski definition) is 0. The van der Waals surface area contributed by atoms with Gasteiger partial charge in [-0.2, -0.15) is 0 Å². The predicted octanol–water partition coefficient (Wildman–Crippen LogP) is 3.52. The molecule has 0 bridgehead atoms. The van der Waals surface area contributed by atoms with Gasteiger partial charge in [0.2, 0.25) is 0 Å². The highest BCUT2D eigenvalue weighted by atomic mass is 19.2. The fraction of sp³-hybridized carbons (Fsp3) is 0.200. The standard InChI is InChI=1S/C15H14FN/c16-17-11-10-12-6-4-5-9-14(12)15(17)13-7-2-1-3-8-13/h1-9,15H,10-11H2. The Bertz CT molecular complexity index is 509. The molecule has 2 aromatic carbocycles. The van der Waals surface area contributed by atoms with Crippen LogP contribution in [0.5, 0.6) is 0 Å². The highest BCUT2D eigenvalue weighted by Crippen LogP contribution is 2.34. The van der Waals surface area contributed by atoms with Crippen molar-refractivity contribution in [2.75, 3.05) is 6.54 Å². The van der Waals surface area contributed by atoms with Gasteiger partial charge < -0.3 is 0 Å². The highest BCUT2D eigenvalue weighted by Gasteiger charge is 2.28. The number of nitrogens with zero attached hydrogens (tertiary/aromatic N) is 1. The van der Waals surface area contributed by atoms with Gasteiger partial charge in [0, 0.05) is 6.54 Å². The lowest BCUT2D eigenvalue weighted by Crippen LogP contribution is -2.29. The molecule has 0 saturated heterocycles. The summed E-state index contributed by atoms with van der Waals surface area (Å²) in [7, 11) is 0. The molecule has 1 aliphatic heterocycles. The lowest BCUT2D eigenvalue weighted by molar-refractivity contribution is -0.0136. The molecule has 1 heterocycles. The zero-order valence-electron chi connectivity index (χ0n) is 9.51. The van der Waals surface area contributed by atoms with E-state index >= 15 is 0 Å². The summed E-state index contributed by atoms with van der Waals surface area (Å²) in [5.74, 6) is 0. The molecule has 0 aliphatic carbocycles. The van der Waals surface area contributed by atoms with Crippen LogP contribution < -0.4 is 0 Å². The zero-order chi connectivity index (χ0) is 11.7. The van der Waals surface area contributed by atoms with Crippen LogP contribution in [0, 0.1) is 0 Å². The van der Waals surface area contributed by atoms with Gasteiger partial charge in [0.1, 0.15) is 0 Å². The number of halogens is 1. The van der Waals surface area contributed by atoms with E-state index in [0.717, 1.165) is 22.7 Å². The average Bonchev–Trinajstić information content (AvgIpc) is 2.39. The lowest BCUT2D eigenvalue weighted by atomic mass is 9.90. The van der Waals surface area contributed by atoms with Crippen molar-refractivity contribution in [1.82, 2.24) is 5.12 Å². The van der Waals surface area contributed by atoms with E-state index in [-0.39, 0.29) is 6.04 Å². The van der Waals surface area contributed by atoms with E-state index in [1.165, 1.54) is 5.56 Å². The molecule has 1 unspecified atom stereocenters. The predicted molar refractivity (Wildman–Crippen MR) is 66.2 cm³/mol. The van der Waals surface area contributed by atoms with Crippen LogP contribution in [-0.4, -0.2) is 11.7 Å². The summed E-state index contributed by atoms with van der Waals surface area (Å²) in [6.45, 7) is 0.469. The Morgan fingerprint density at radius 1 is 0.941 bits per heavy atom. The van der Waals surface area contributed by atoms with E-state index in [0.29, 0.717) is 6.54 Å². The highest BCUT2D eigenvalue weighted by molar-refractivity contribution is 5.39. The third-order valence-corrected chi connectivity index (χ3v) is 3.34. The van der Waals surface area contributed by atoms with Gasteiger partial charge >= 0.3 is 0 Å². The number of benzene rings is 2. The molecule has 0 fully saturated rings. The fourth-order valence-corrected chi connectivity index (χ4v) is 2.51. The van der Waals surface area contributed by atoms with E-state index in [1.807, 2.05) is 48.5 Å². The van der Waals surface area contributed by atoms with Crippen molar-refractivity contribution in [2.24, 2.45) is 0 Å². The first-order chi connectivity index (χ1) is 8.36. The van der Waals surface area contributed by atoms with Crippen LogP contribution in [-0.2, 0) is 6.42 Å². The van der Waals surface area contributed by atoms with Gasteiger partial charge in [-0.15, -0.1) is 9.60 Å². The van der Waals surface area contributed by atoms with E-state index < -0.39 is 0 Å². The second-order valence-electron chi connectivity index (χ2n) is 4.39. The van der Waals surface area contributed by atoms with Crippen LogP contribution in [0.4, 0.5) is 4.48 Å². The van der Waals surface area contributed by atoms with Crippen LogP contribution in [0.15, 0.2) is 54.6 Å². The summed E-state index contributed by atoms with van der Waals surface area (Å²) in [5, 5.41) is 0.942. The first-order valence-electron chi connectivity index (χ1n) is 5.91. The molecule has 17 heavy (non-hydrogen) atoms. The smallest absolute Gasteiger partial charge is 0.0904 e. The Morgan fingerprint density at radius 2 is 1.65 bits per heavy atom. The maximum Gasteiger partial charge on any atom is 0.0904 e. The van der Waals surface area contributed by atoms with Crippen LogP contribution in [0.2, 0.25) is 0 Å². The Labute approximate surface area is 100 Å². The van der Waals surface area contributed by atoms with Crippen LogP contribution in [0.1, 0.15) is 22.7 Å². The van der Waals surface area contributed by atoms with Gasteiger partial charge in [-0.05, 0) is 23.1 Å². The summed E-state index contributed by atoms with van der Waals surface area (Å²) >= 11 is 0. The van der Waals surface area contributed by atoms with Gasteiger partial charge in [-0.1, -0.05) is 54.6 Å². The maximum atomic E-state index is 14.0. The van der Waals surface area contributed by atoms with Crippen LogP contribution in [0.25, 0.3) is 0 Å². The van der Waals surface area contributed by atoms with Gasteiger partial charge in [0.05, 0.1) is 6.04 Å². The SMILES string of the molecule is FN1CCc2ccccc2C1c1ccccc1. The monoisotopic (exact) mass is 227 g/mol. The van der Waals surface area contributed by atoms with Crippen LogP contribution in [0.3, 0.4) is 0 Å². The Hall–Kier alpha value is -1.67. The largest absolute Gasteiger partial charge is 0.134 e. The summed E-state index contributed by atoms with van der Waals surface area (Å²) in [6, 6.07) is 17.7. The van der Waals surface area contributed by atoms with E-state index in [4.69, 9.17) is 0 Å². The van der Waals surface area contributed by atoms with Crippen molar-refractivity contribution < 1.29 is 4.48 Å². The topological polar surface area (TPSA) is 3.24 Å². The Kier molecular flexibility index (Phi) is 2.65. The van der Waals surface area contributed by atoms with Crippen LogP contribution >= 0.6 is 0 Å². The molecule has 1 nitrogen and oxygen atoms in total. The molecule has 3 rings (SSSR count). The Morgan fingerprint density at radius 3 is 2.47 bits per heavy atom. The summed E-state index contributed by atoms with van der Waals surface area (Å²) in [4.78, 5) is 0. The van der Waals surface area contributed by atoms with Crippen molar-refractivity contribution in [3.63, 3.8) is 0 Å². The first-order valence-corrected chi connectivity index (χ1v) is 5.91. The molecule has 0 saturated carbocycles. The minimum atomic E-state index is -0.249. The van der Waals surface area contributed by atoms with Gasteiger partial charge in [0.25, 0.3) is 0 Å². The van der Waals surface area contributed by atoms with E-state index in [2.05, 4.69) is 6.07 Å².